The van der Waals surface area contributed by atoms with Gasteiger partial charge in [0.2, 0.25) is 0 Å². The molecule has 0 aliphatic heterocycles. The summed E-state index contributed by atoms with van der Waals surface area (Å²) in [6, 6.07) is 11.4. The van der Waals surface area contributed by atoms with E-state index in [0.717, 1.165) is 0 Å². The van der Waals surface area contributed by atoms with E-state index in [1.54, 1.807) is 42.5 Å². The normalized spacial score (nSPS) is 10.2. The minimum Gasteiger partial charge on any atom is -0.321 e. The van der Waals surface area contributed by atoms with Crippen molar-refractivity contribution in [3.05, 3.63) is 63.6 Å². The number of carbonyl (C=O) groups excluding carboxylic acids is 2. The Morgan fingerprint density at radius 3 is 2.35 bits per heavy atom. The van der Waals surface area contributed by atoms with Gasteiger partial charge in [0.15, 0.2) is 5.78 Å². The largest absolute Gasteiger partial charge is 0.321 e. The van der Waals surface area contributed by atoms with Crippen LogP contribution in [0.5, 0.6) is 0 Å². The number of halogens is 2. The Kier molecular flexibility index (Phi) is 4.42. The van der Waals surface area contributed by atoms with Gasteiger partial charge in [0.1, 0.15) is 0 Å². The lowest BCUT2D eigenvalue weighted by atomic mass is 10.1. The molecule has 0 spiro atoms. The van der Waals surface area contributed by atoms with Gasteiger partial charge in [-0.05, 0) is 37.3 Å². The topological polar surface area (TPSA) is 46.2 Å². The highest BCUT2D eigenvalue weighted by Gasteiger charge is 2.12. The van der Waals surface area contributed by atoms with Gasteiger partial charge in [-0.25, -0.2) is 0 Å². The molecule has 1 amide bonds. The molecule has 0 aliphatic carbocycles. The summed E-state index contributed by atoms with van der Waals surface area (Å²) >= 11 is 12.0. The molecule has 2 aromatic carbocycles. The molecule has 3 nitrogen and oxygen atoms in total. The van der Waals surface area contributed by atoms with E-state index in [-0.39, 0.29) is 11.7 Å². The third kappa shape index (κ3) is 3.18. The second kappa shape index (κ2) is 6.07. The third-order valence-corrected chi connectivity index (χ3v) is 3.40. The maximum atomic E-state index is 12.1. The van der Waals surface area contributed by atoms with Crippen molar-refractivity contribution < 1.29 is 9.59 Å². The van der Waals surface area contributed by atoms with Crippen LogP contribution in [0.4, 0.5) is 5.69 Å². The van der Waals surface area contributed by atoms with Crippen LogP contribution in [0.15, 0.2) is 42.5 Å². The maximum absolute atomic E-state index is 12.1. The molecule has 0 fully saturated rings. The molecular formula is C15H11Cl2NO2. The lowest BCUT2D eigenvalue weighted by molar-refractivity contribution is 0.101. The summed E-state index contributed by atoms with van der Waals surface area (Å²) in [7, 11) is 0. The minimum atomic E-state index is -0.377. The fraction of sp³-hybridized carbons (Fsp3) is 0.0667. The van der Waals surface area contributed by atoms with Gasteiger partial charge in [0.05, 0.1) is 21.3 Å². The van der Waals surface area contributed by atoms with Crippen molar-refractivity contribution >= 4 is 40.6 Å². The van der Waals surface area contributed by atoms with E-state index in [4.69, 9.17) is 23.2 Å². The van der Waals surface area contributed by atoms with Crippen LogP contribution in [-0.2, 0) is 0 Å². The van der Waals surface area contributed by atoms with E-state index >= 15 is 0 Å². The minimum absolute atomic E-state index is 0.102. The first-order valence-electron chi connectivity index (χ1n) is 5.85. The molecule has 0 aliphatic rings. The Morgan fingerprint density at radius 2 is 1.70 bits per heavy atom. The number of hydrogen-bond acceptors (Lipinski definition) is 2. The molecule has 0 unspecified atom stereocenters. The summed E-state index contributed by atoms with van der Waals surface area (Å²) in [4.78, 5) is 23.5. The average molecular weight is 308 g/mol. The first kappa shape index (κ1) is 14.6. The molecule has 5 heteroatoms. The van der Waals surface area contributed by atoms with Crippen molar-refractivity contribution in [3.63, 3.8) is 0 Å². The molecule has 0 saturated carbocycles. The molecule has 0 radical (unpaired) electrons. The standard InChI is InChI=1S/C15H11Cl2NO2/c1-9(19)10-6-7-13(17)14(8-10)18-15(20)11-4-2-3-5-12(11)16/h2-8H,1H3,(H,18,20). The van der Waals surface area contributed by atoms with Crippen LogP contribution in [0.3, 0.4) is 0 Å². The number of nitrogens with one attached hydrogen (secondary N) is 1. The molecule has 0 atom stereocenters. The summed E-state index contributed by atoms with van der Waals surface area (Å²) in [6.07, 6.45) is 0. The van der Waals surface area contributed by atoms with Crippen LogP contribution in [0.1, 0.15) is 27.6 Å². The highest BCUT2D eigenvalue weighted by atomic mass is 35.5. The quantitative estimate of drug-likeness (QED) is 0.852. The van der Waals surface area contributed by atoms with Gasteiger partial charge < -0.3 is 5.32 Å². The van der Waals surface area contributed by atoms with Gasteiger partial charge in [-0.15, -0.1) is 0 Å². The summed E-state index contributed by atoms with van der Waals surface area (Å²) in [5.41, 5.74) is 1.20. The first-order chi connectivity index (χ1) is 9.49. The molecule has 20 heavy (non-hydrogen) atoms. The number of carbonyl (C=O) groups is 2. The lowest BCUT2D eigenvalue weighted by Crippen LogP contribution is -2.13. The summed E-state index contributed by atoms with van der Waals surface area (Å²) in [5.74, 6) is -0.479. The number of Topliss-reactive ketones (excluding diaryl/α,β-unsaturated/α-hetero) is 1. The van der Waals surface area contributed by atoms with Gasteiger partial charge in [-0.2, -0.15) is 0 Å². The van der Waals surface area contributed by atoms with Crippen LogP contribution in [0.25, 0.3) is 0 Å². The highest BCUT2D eigenvalue weighted by Crippen LogP contribution is 2.25. The van der Waals surface area contributed by atoms with Crippen molar-refractivity contribution in [1.82, 2.24) is 0 Å². The van der Waals surface area contributed by atoms with Crippen molar-refractivity contribution in [2.75, 3.05) is 5.32 Å². The molecule has 2 rings (SSSR count). The smallest absolute Gasteiger partial charge is 0.257 e. The monoisotopic (exact) mass is 307 g/mol. The zero-order valence-electron chi connectivity index (χ0n) is 10.6. The molecule has 1 N–H and O–H groups in total. The Bertz CT molecular complexity index is 683. The first-order valence-corrected chi connectivity index (χ1v) is 6.61. The van der Waals surface area contributed by atoms with Crippen LogP contribution in [-0.4, -0.2) is 11.7 Å². The molecule has 0 aromatic heterocycles. The van der Waals surface area contributed by atoms with Gasteiger partial charge >= 0.3 is 0 Å². The van der Waals surface area contributed by atoms with Gasteiger partial charge in [0, 0.05) is 5.56 Å². The molecular weight excluding hydrogens is 297 g/mol. The molecule has 0 bridgehead atoms. The second-order valence-electron chi connectivity index (χ2n) is 4.18. The van der Waals surface area contributed by atoms with E-state index < -0.39 is 0 Å². The highest BCUT2D eigenvalue weighted by molar-refractivity contribution is 6.36. The molecule has 2 aromatic rings. The summed E-state index contributed by atoms with van der Waals surface area (Å²) < 4.78 is 0. The number of rotatable bonds is 3. The van der Waals surface area contributed by atoms with Gasteiger partial charge in [0.25, 0.3) is 5.91 Å². The number of ketones is 1. The molecule has 0 heterocycles. The van der Waals surface area contributed by atoms with E-state index in [0.29, 0.717) is 26.9 Å². The van der Waals surface area contributed by atoms with Crippen molar-refractivity contribution in [2.45, 2.75) is 6.92 Å². The van der Waals surface area contributed by atoms with E-state index in [1.165, 1.54) is 6.92 Å². The lowest BCUT2D eigenvalue weighted by Gasteiger charge is -2.09. The maximum Gasteiger partial charge on any atom is 0.257 e. The molecule has 0 saturated heterocycles. The Hall–Kier alpha value is -1.84. The van der Waals surface area contributed by atoms with Gasteiger partial charge in [-0.3, -0.25) is 9.59 Å². The molecule has 102 valence electrons. The Morgan fingerprint density at radius 1 is 1.00 bits per heavy atom. The van der Waals surface area contributed by atoms with Crippen molar-refractivity contribution in [1.29, 1.82) is 0 Å². The van der Waals surface area contributed by atoms with Crippen molar-refractivity contribution in [3.8, 4) is 0 Å². The second-order valence-corrected chi connectivity index (χ2v) is 5.00. The number of benzene rings is 2. The summed E-state index contributed by atoms with van der Waals surface area (Å²) in [5, 5.41) is 3.36. The van der Waals surface area contributed by atoms with Gasteiger partial charge in [-0.1, -0.05) is 35.3 Å². The van der Waals surface area contributed by atoms with Crippen LogP contribution in [0.2, 0.25) is 10.0 Å². The average Bonchev–Trinajstić information content (AvgIpc) is 2.41. The zero-order valence-corrected chi connectivity index (χ0v) is 12.1. The summed E-state index contributed by atoms with van der Waals surface area (Å²) in [6.45, 7) is 1.45. The number of hydrogen-bond donors (Lipinski definition) is 1. The van der Waals surface area contributed by atoms with E-state index in [1.807, 2.05) is 0 Å². The number of anilines is 1. The van der Waals surface area contributed by atoms with E-state index in [9.17, 15) is 9.59 Å². The zero-order chi connectivity index (χ0) is 14.7. The predicted octanol–water partition coefficient (Wildman–Crippen LogP) is 4.45. The third-order valence-electron chi connectivity index (χ3n) is 2.74. The van der Waals surface area contributed by atoms with Crippen LogP contribution >= 0.6 is 23.2 Å². The van der Waals surface area contributed by atoms with E-state index in [2.05, 4.69) is 5.32 Å². The van der Waals surface area contributed by atoms with Crippen molar-refractivity contribution in [2.24, 2.45) is 0 Å². The SMILES string of the molecule is CC(=O)c1ccc(Cl)c(NC(=O)c2ccccc2Cl)c1. The predicted molar refractivity (Wildman–Crippen MR) is 80.9 cm³/mol. The fourth-order valence-corrected chi connectivity index (χ4v) is 2.06. The Balaban J connectivity index is 2.30. The number of amides is 1. The van der Waals surface area contributed by atoms with Crippen LogP contribution < -0.4 is 5.32 Å². The fourth-order valence-electron chi connectivity index (χ4n) is 1.68. The Labute approximate surface area is 126 Å². The van der Waals surface area contributed by atoms with Crippen LogP contribution in [0, 0.1) is 0 Å².